The predicted octanol–water partition coefficient (Wildman–Crippen LogP) is 1.35. The van der Waals surface area contributed by atoms with Crippen LogP contribution in [0, 0.1) is 0 Å². The molecule has 0 amide bonds. The fraction of sp³-hybridized carbons (Fsp3) is 0.778. The average Bonchev–Trinajstić information content (AvgIpc) is 2.03. The van der Waals surface area contributed by atoms with E-state index < -0.39 is 0 Å². The summed E-state index contributed by atoms with van der Waals surface area (Å²) in [5, 5.41) is 3.16. The molecule has 11 heavy (non-hydrogen) atoms. The van der Waals surface area contributed by atoms with Crippen LogP contribution in [0.25, 0.3) is 0 Å². The van der Waals surface area contributed by atoms with E-state index in [1.165, 1.54) is 6.42 Å². The molecule has 0 rings (SSSR count). The van der Waals surface area contributed by atoms with Crippen molar-refractivity contribution in [2.75, 3.05) is 27.7 Å². The lowest BCUT2D eigenvalue weighted by Crippen LogP contribution is -2.35. The zero-order valence-corrected chi connectivity index (χ0v) is 8.35. The number of hydrogen-bond acceptors (Lipinski definition) is 2. The summed E-state index contributed by atoms with van der Waals surface area (Å²) >= 11 is 0. The van der Waals surface area contributed by atoms with Gasteiger partial charge in [-0.2, -0.15) is 0 Å². The molecule has 68 valence electrons. The van der Waals surface area contributed by atoms with Gasteiger partial charge in [-0.15, -0.1) is 13.2 Å². The first kappa shape index (κ1) is 13.3. The first-order valence-electron chi connectivity index (χ1n) is 4.03. The first-order valence-corrected chi connectivity index (χ1v) is 4.03. The fourth-order valence-corrected chi connectivity index (χ4v) is 0.928. The lowest BCUT2D eigenvalue weighted by Gasteiger charge is -2.21. The molecule has 0 spiro atoms. The van der Waals surface area contributed by atoms with Crippen molar-refractivity contribution >= 4 is 0 Å². The van der Waals surface area contributed by atoms with Gasteiger partial charge in [0.1, 0.15) is 0 Å². The number of likely N-dealkylation sites (N-methyl/N-ethyl adjacent to an activating group) is 2. The smallest absolute Gasteiger partial charge is 0.0211 e. The highest BCUT2D eigenvalue weighted by Gasteiger charge is 2.05. The molecule has 0 fully saturated rings. The molecule has 1 N–H and O–H groups in total. The Morgan fingerprint density at radius 2 is 1.82 bits per heavy atom. The maximum atomic E-state index is 3.16. The van der Waals surface area contributed by atoms with Gasteiger partial charge in [-0.05, 0) is 27.6 Å². The zero-order chi connectivity index (χ0) is 9.28. The molecule has 0 aromatic carbocycles. The molecule has 0 radical (unpaired) electrons. The molecule has 2 nitrogen and oxygen atoms in total. The third-order valence-electron chi connectivity index (χ3n) is 1.64. The van der Waals surface area contributed by atoms with E-state index in [1.807, 2.05) is 7.05 Å². The second kappa shape index (κ2) is 9.66. The van der Waals surface area contributed by atoms with Crippen LogP contribution in [0.1, 0.15) is 13.3 Å². The minimum atomic E-state index is 0.690. The van der Waals surface area contributed by atoms with Crippen LogP contribution in [0.5, 0.6) is 0 Å². The lowest BCUT2D eigenvalue weighted by atomic mass is 10.2. The molecule has 0 aromatic rings. The Morgan fingerprint density at radius 3 is 1.91 bits per heavy atom. The van der Waals surface area contributed by atoms with Crippen LogP contribution in [-0.2, 0) is 0 Å². The summed E-state index contributed by atoms with van der Waals surface area (Å²) < 4.78 is 0. The van der Waals surface area contributed by atoms with Crippen molar-refractivity contribution in [3.63, 3.8) is 0 Å². The number of nitrogens with one attached hydrogen (secondary N) is 1. The van der Waals surface area contributed by atoms with E-state index >= 15 is 0 Å². The quantitative estimate of drug-likeness (QED) is 0.621. The summed E-state index contributed by atoms with van der Waals surface area (Å²) in [7, 11) is 6.23. The SMILES string of the molecule is C=C.CCC(CNC)N(C)C. The minimum absolute atomic E-state index is 0.690. The van der Waals surface area contributed by atoms with E-state index in [-0.39, 0.29) is 0 Å². The molecule has 0 bridgehead atoms. The van der Waals surface area contributed by atoms with Gasteiger partial charge in [0.15, 0.2) is 0 Å². The van der Waals surface area contributed by atoms with Gasteiger partial charge in [-0.25, -0.2) is 0 Å². The lowest BCUT2D eigenvalue weighted by molar-refractivity contribution is 0.281. The number of rotatable bonds is 4. The highest BCUT2D eigenvalue weighted by molar-refractivity contribution is 4.64. The Labute approximate surface area is 71.3 Å². The Hall–Kier alpha value is -0.340. The van der Waals surface area contributed by atoms with Crippen molar-refractivity contribution in [2.45, 2.75) is 19.4 Å². The Kier molecular flexibility index (Phi) is 11.6. The highest BCUT2D eigenvalue weighted by Crippen LogP contribution is 1.95. The van der Waals surface area contributed by atoms with Gasteiger partial charge in [-0.1, -0.05) is 6.92 Å². The topological polar surface area (TPSA) is 15.3 Å². The van der Waals surface area contributed by atoms with Crippen molar-refractivity contribution in [1.29, 1.82) is 0 Å². The molecule has 0 aromatic heterocycles. The average molecular weight is 158 g/mol. The predicted molar refractivity (Wildman–Crippen MR) is 52.9 cm³/mol. The minimum Gasteiger partial charge on any atom is -0.318 e. The summed E-state index contributed by atoms with van der Waals surface area (Å²) in [5.41, 5.74) is 0. The van der Waals surface area contributed by atoms with Crippen molar-refractivity contribution in [2.24, 2.45) is 0 Å². The second-order valence-electron chi connectivity index (χ2n) is 2.58. The van der Waals surface area contributed by atoms with Gasteiger partial charge in [0.05, 0.1) is 0 Å². The van der Waals surface area contributed by atoms with Gasteiger partial charge in [0.2, 0.25) is 0 Å². The van der Waals surface area contributed by atoms with E-state index in [4.69, 9.17) is 0 Å². The zero-order valence-electron chi connectivity index (χ0n) is 8.35. The largest absolute Gasteiger partial charge is 0.318 e. The van der Waals surface area contributed by atoms with Crippen molar-refractivity contribution in [3.05, 3.63) is 13.2 Å². The summed E-state index contributed by atoms with van der Waals surface area (Å²) in [6, 6.07) is 0.690. The molecule has 1 unspecified atom stereocenters. The molecule has 0 saturated heterocycles. The molecule has 0 aliphatic carbocycles. The van der Waals surface area contributed by atoms with E-state index in [1.54, 1.807) is 0 Å². The van der Waals surface area contributed by atoms with Gasteiger partial charge in [0.25, 0.3) is 0 Å². The van der Waals surface area contributed by atoms with E-state index in [9.17, 15) is 0 Å². The van der Waals surface area contributed by atoms with Gasteiger partial charge < -0.3 is 10.2 Å². The number of nitrogens with zero attached hydrogens (tertiary/aromatic N) is 1. The van der Waals surface area contributed by atoms with Crippen LogP contribution in [0.4, 0.5) is 0 Å². The molecule has 1 atom stereocenters. The van der Waals surface area contributed by atoms with Gasteiger partial charge >= 0.3 is 0 Å². The molecular weight excluding hydrogens is 136 g/mol. The summed E-state index contributed by atoms with van der Waals surface area (Å²) in [4.78, 5) is 2.25. The summed E-state index contributed by atoms with van der Waals surface area (Å²) in [6.45, 7) is 9.30. The van der Waals surface area contributed by atoms with E-state index in [0.29, 0.717) is 6.04 Å². The van der Waals surface area contributed by atoms with Gasteiger partial charge in [0, 0.05) is 12.6 Å². The Bertz CT molecular complexity index is 72.0. The molecule has 0 aliphatic heterocycles. The number of hydrogen-bond donors (Lipinski definition) is 1. The van der Waals surface area contributed by atoms with Crippen molar-refractivity contribution in [1.82, 2.24) is 10.2 Å². The molecule has 0 heterocycles. The third kappa shape index (κ3) is 7.56. The molecule has 0 saturated carbocycles. The standard InChI is InChI=1S/C7H18N2.C2H4/c1-5-7(6-8-2)9(3)4;1-2/h7-8H,5-6H2,1-4H3;1-2H2. The summed E-state index contributed by atoms with van der Waals surface area (Å²) in [6.07, 6.45) is 1.22. The van der Waals surface area contributed by atoms with Crippen LogP contribution in [-0.4, -0.2) is 38.6 Å². The van der Waals surface area contributed by atoms with Crippen LogP contribution in [0.2, 0.25) is 0 Å². The van der Waals surface area contributed by atoms with E-state index in [0.717, 1.165) is 6.54 Å². The maximum Gasteiger partial charge on any atom is 0.0211 e. The van der Waals surface area contributed by atoms with E-state index in [2.05, 4.69) is 44.4 Å². The van der Waals surface area contributed by atoms with Crippen LogP contribution in [0.3, 0.4) is 0 Å². The van der Waals surface area contributed by atoms with Gasteiger partial charge in [-0.3, -0.25) is 0 Å². The summed E-state index contributed by atoms with van der Waals surface area (Å²) in [5.74, 6) is 0. The molecular formula is C9H22N2. The van der Waals surface area contributed by atoms with Crippen LogP contribution >= 0.6 is 0 Å². The Morgan fingerprint density at radius 1 is 1.36 bits per heavy atom. The van der Waals surface area contributed by atoms with Crippen molar-refractivity contribution in [3.8, 4) is 0 Å². The van der Waals surface area contributed by atoms with Crippen molar-refractivity contribution < 1.29 is 0 Å². The monoisotopic (exact) mass is 158 g/mol. The third-order valence-corrected chi connectivity index (χ3v) is 1.64. The molecule has 2 heteroatoms. The second-order valence-corrected chi connectivity index (χ2v) is 2.58. The normalized spacial score (nSPS) is 12.1. The van der Waals surface area contributed by atoms with Crippen LogP contribution in [0.15, 0.2) is 13.2 Å². The first-order chi connectivity index (χ1) is 5.22. The Balaban J connectivity index is 0. The highest BCUT2D eigenvalue weighted by atomic mass is 15.1. The maximum absolute atomic E-state index is 3.16. The van der Waals surface area contributed by atoms with Crippen LogP contribution < -0.4 is 5.32 Å². The fourth-order valence-electron chi connectivity index (χ4n) is 0.928. The molecule has 0 aliphatic rings.